The fourth-order valence-electron chi connectivity index (χ4n) is 2.18. The van der Waals surface area contributed by atoms with Gasteiger partial charge in [-0.3, -0.25) is 5.10 Å². The van der Waals surface area contributed by atoms with Crippen LogP contribution in [0.15, 0.2) is 60.7 Å². The fourth-order valence-corrected chi connectivity index (χ4v) is 2.31. The number of halogens is 1. The maximum absolute atomic E-state index is 5.83. The van der Waals surface area contributed by atoms with Gasteiger partial charge in [0.15, 0.2) is 0 Å². The van der Waals surface area contributed by atoms with Gasteiger partial charge in [0.1, 0.15) is 5.82 Å². The van der Waals surface area contributed by atoms with Gasteiger partial charge in [-0.05, 0) is 22.7 Å². The van der Waals surface area contributed by atoms with Crippen molar-refractivity contribution in [3.8, 4) is 0 Å². The van der Waals surface area contributed by atoms with Gasteiger partial charge in [0.2, 0.25) is 5.28 Å². The van der Waals surface area contributed by atoms with Crippen LogP contribution in [0.1, 0.15) is 22.9 Å². The molecule has 3 nitrogen and oxygen atoms in total. The van der Waals surface area contributed by atoms with Crippen molar-refractivity contribution in [3.05, 3.63) is 82.9 Å². The van der Waals surface area contributed by atoms with Crippen LogP contribution in [0.4, 0.5) is 0 Å². The van der Waals surface area contributed by atoms with Crippen molar-refractivity contribution in [2.45, 2.75) is 5.92 Å². The number of benzene rings is 2. The highest BCUT2D eigenvalue weighted by Gasteiger charge is 2.19. The van der Waals surface area contributed by atoms with Crippen LogP contribution in [0.2, 0.25) is 5.28 Å². The van der Waals surface area contributed by atoms with E-state index in [2.05, 4.69) is 39.4 Å². The Labute approximate surface area is 116 Å². The predicted molar refractivity (Wildman–Crippen MR) is 75.2 cm³/mol. The summed E-state index contributed by atoms with van der Waals surface area (Å²) in [5.74, 6) is 0.768. The fraction of sp³-hybridized carbons (Fsp3) is 0.0667. The summed E-state index contributed by atoms with van der Waals surface area (Å²) in [5, 5.41) is 7.07. The first-order valence-electron chi connectivity index (χ1n) is 6.02. The van der Waals surface area contributed by atoms with Gasteiger partial charge in [-0.25, -0.2) is 4.98 Å². The molecule has 0 radical (unpaired) electrons. The van der Waals surface area contributed by atoms with Crippen LogP contribution in [0.5, 0.6) is 0 Å². The van der Waals surface area contributed by atoms with Crippen LogP contribution in [0.3, 0.4) is 0 Å². The molecule has 0 amide bonds. The van der Waals surface area contributed by atoms with Crippen LogP contribution in [0.25, 0.3) is 0 Å². The van der Waals surface area contributed by atoms with Gasteiger partial charge in [-0.1, -0.05) is 60.7 Å². The smallest absolute Gasteiger partial charge is 0.242 e. The lowest BCUT2D eigenvalue weighted by Gasteiger charge is -2.15. The average Bonchev–Trinajstić information content (AvgIpc) is 2.88. The Bertz CT molecular complexity index is 610. The Balaban J connectivity index is 2.11. The first kappa shape index (κ1) is 11.9. The Morgan fingerprint density at radius 3 is 1.79 bits per heavy atom. The SMILES string of the molecule is Clc1n[nH]c(C(c2ccccc2)c2ccccc2)n1. The van der Waals surface area contributed by atoms with Crippen molar-refractivity contribution < 1.29 is 0 Å². The van der Waals surface area contributed by atoms with Crippen molar-refractivity contribution >= 4 is 11.6 Å². The Morgan fingerprint density at radius 2 is 1.37 bits per heavy atom. The monoisotopic (exact) mass is 269 g/mol. The number of aromatic nitrogens is 3. The molecule has 4 heteroatoms. The lowest BCUT2D eigenvalue weighted by molar-refractivity contribution is 0.862. The summed E-state index contributed by atoms with van der Waals surface area (Å²) in [4.78, 5) is 4.26. The minimum Gasteiger partial charge on any atom is -0.261 e. The molecule has 0 fully saturated rings. The molecular formula is C15H12ClN3. The Morgan fingerprint density at radius 1 is 0.842 bits per heavy atom. The predicted octanol–water partition coefficient (Wildman–Crippen LogP) is 3.64. The standard InChI is InChI=1S/C15H12ClN3/c16-15-17-14(18-19-15)13(11-7-3-1-4-8-11)12-9-5-2-6-10-12/h1-10,13H,(H,17,18,19). The van der Waals surface area contributed by atoms with E-state index in [0.29, 0.717) is 0 Å². The van der Waals surface area contributed by atoms with Crippen LogP contribution >= 0.6 is 11.6 Å². The summed E-state index contributed by atoms with van der Waals surface area (Å²) < 4.78 is 0. The number of rotatable bonds is 3. The molecule has 1 N–H and O–H groups in total. The summed E-state index contributed by atoms with van der Waals surface area (Å²) in [6.45, 7) is 0. The highest BCUT2D eigenvalue weighted by molar-refractivity contribution is 6.28. The minimum atomic E-state index is 0.0161. The second-order valence-electron chi connectivity index (χ2n) is 4.24. The second-order valence-corrected chi connectivity index (χ2v) is 4.58. The zero-order valence-corrected chi connectivity index (χ0v) is 10.9. The molecule has 0 saturated heterocycles. The molecule has 0 saturated carbocycles. The number of aromatic amines is 1. The minimum absolute atomic E-state index is 0.0161. The zero-order chi connectivity index (χ0) is 13.1. The van der Waals surface area contributed by atoms with E-state index in [0.717, 1.165) is 17.0 Å². The third kappa shape index (κ3) is 2.51. The molecule has 0 aliphatic heterocycles. The molecule has 0 aliphatic rings. The van der Waals surface area contributed by atoms with E-state index in [-0.39, 0.29) is 11.2 Å². The number of nitrogens with one attached hydrogen (secondary N) is 1. The van der Waals surface area contributed by atoms with E-state index in [1.165, 1.54) is 0 Å². The summed E-state index contributed by atoms with van der Waals surface area (Å²) >= 11 is 5.83. The van der Waals surface area contributed by atoms with Gasteiger partial charge in [-0.15, -0.1) is 5.10 Å². The van der Waals surface area contributed by atoms with Gasteiger partial charge in [0, 0.05) is 0 Å². The first-order valence-corrected chi connectivity index (χ1v) is 6.40. The summed E-state index contributed by atoms with van der Waals surface area (Å²) in [5.41, 5.74) is 2.31. The summed E-state index contributed by atoms with van der Waals surface area (Å²) in [6.07, 6.45) is 0. The molecule has 0 aliphatic carbocycles. The number of nitrogens with zero attached hydrogens (tertiary/aromatic N) is 2. The summed E-state index contributed by atoms with van der Waals surface area (Å²) in [6, 6.07) is 20.4. The topological polar surface area (TPSA) is 41.6 Å². The molecule has 0 atom stereocenters. The van der Waals surface area contributed by atoms with Crippen molar-refractivity contribution in [3.63, 3.8) is 0 Å². The van der Waals surface area contributed by atoms with E-state index in [9.17, 15) is 0 Å². The van der Waals surface area contributed by atoms with Gasteiger partial charge in [-0.2, -0.15) is 0 Å². The molecule has 1 aromatic heterocycles. The molecule has 2 aromatic carbocycles. The average molecular weight is 270 g/mol. The summed E-state index contributed by atoms with van der Waals surface area (Å²) in [7, 11) is 0. The zero-order valence-electron chi connectivity index (χ0n) is 10.1. The maximum Gasteiger partial charge on any atom is 0.242 e. The highest BCUT2D eigenvalue weighted by atomic mass is 35.5. The van der Waals surface area contributed by atoms with Crippen molar-refractivity contribution in [1.82, 2.24) is 15.2 Å². The van der Waals surface area contributed by atoms with E-state index < -0.39 is 0 Å². The molecule has 3 aromatic rings. The number of hydrogen-bond donors (Lipinski definition) is 1. The van der Waals surface area contributed by atoms with Gasteiger partial charge >= 0.3 is 0 Å². The van der Waals surface area contributed by atoms with Gasteiger partial charge < -0.3 is 0 Å². The second kappa shape index (κ2) is 5.24. The molecule has 3 rings (SSSR count). The molecule has 0 unspecified atom stereocenters. The first-order chi connectivity index (χ1) is 9.34. The van der Waals surface area contributed by atoms with Crippen LogP contribution in [-0.2, 0) is 0 Å². The Hall–Kier alpha value is -2.13. The van der Waals surface area contributed by atoms with E-state index >= 15 is 0 Å². The Kier molecular flexibility index (Phi) is 3.29. The van der Waals surface area contributed by atoms with Crippen LogP contribution < -0.4 is 0 Å². The molecular weight excluding hydrogens is 258 g/mol. The molecule has 19 heavy (non-hydrogen) atoms. The van der Waals surface area contributed by atoms with Crippen LogP contribution in [0, 0.1) is 0 Å². The quantitative estimate of drug-likeness (QED) is 0.789. The van der Waals surface area contributed by atoms with Gasteiger partial charge in [0.05, 0.1) is 5.92 Å². The lowest BCUT2D eigenvalue weighted by atomic mass is 9.91. The van der Waals surface area contributed by atoms with Crippen molar-refractivity contribution in [2.75, 3.05) is 0 Å². The van der Waals surface area contributed by atoms with Crippen molar-refractivity contribution in [2.24, 2.45) is 0 Å². The van der Waals surface area contributed by atoms with E-state index in [4.69, 9.17) is 11.6 Å². The van der Waals surface area contributed by atoms with Gasteiger partial charge in [0.25, 0.3) is 0 Å². The normalized spacial score (nSPS) is 10.8. The molecule has 1 heterocycles. The molecule has 94 valence electrons. The lowest BCUT2D eigenvalue weighted by Crippen LogP contribution is -2.05. The molecule has 0 spiro atoms. The third-order valence-corrected chi connectivity index (χ3v) is 3.18. The van der Waals surface area contributed by atoms with E-state index in [1.807, 2.05) is 36.4 Å². The van der Waals surface area contributed by atoms with E-state index in [1.54, 1.807) is 0 Å². The number of hydrogen-bond acceptors (Lipinski definition) is 2. The molecule has 0 bridgehead atoms. The number of H-pyrrole nitrogens is 1. The van der Waals surface area contributed by atoms with Crippen molar-refractivity contribution in [1.29, 1.82) is 0 Å². The third-order valence-electron chi connectivity index (χ3n) is 3.01. The largest absolute Gasteiger partial charge is 0.261 e. The van der Waals surface area contributed by atoms with Crippen LogP contribution in [-0.4, -0.2) is 15.2 Å². The highest BCUT2D eigenvalue weighted by Crippen LogP contribution is 2.29. The maximum atomic E-state index is 5.83.